The van der Waals surface area contributed by atoms with Crippen LogP contribution < -0.4 is 0 Å². The van der Waals surface area contributed by atoms with Gasteiger partial charge in [-0.1, -0.05) is 26.0 Å². The van der Waals surface area contributed by atoms with Crippen molar-refractivity contribution < 1.29 is 9.18 Å². The number of nitrogens with zero attached hydrogens (tertiary/aromatic N) is 1. The molecule has 0 amide bonds. The molecule has 2 nitrogen and oxygen atoms in total. The molecule has 0 atom stereocenters. The number of halogens is 1. The van der Waals surface area contributed by atoms with E-state index in [1.165, 1.54) is 6.07 Å². The van der Waals surface area contributed by atoms with Crippen LogP contribution in [0.25, 0.3) is 0 Å². The molecule has 1 aromatic carbocycles. The SMILES string of the molecule is CC(C)c1cc(C2(N=C=O)CCC2)ccc1F. The van der Waals surface area contributed by atoms with Crippen LogP contribution in [0, 0.1) is 5.82 Å². The van der Waals surface area contributed by atoms with E-state index < -0.39 is 5.54 Å². The molecular formula is C14H16FNO. The smallest absolute Gasteiger partial charge is 0.211 e. The average Bonchev–Trinajstić information content (AvgIpc) is 2.24. The van der Waals surface area contributed by atoms with Crippen molar-refractivity contribution in [3.05, 3.63) is 35.1 Å². The quantitative estimate of drug-likeness (QED) is 0.578. The molecule has 1 saturated carbocycles. The molecule has 0 spiro atoms. The lowest BCUT2D eigenvalue weighted by molar-refractivity contribution is 0.255. The minimum absolute atomic E-state index is 0.132. The van der Waals surface area contributed by atoms with Crippen molar-refractivity contribution in [1.82, 2.24) is 0 Å². The Morgan fingerprint density at radius 3 is 2.59 bits per heavy atom. The summed E-state index contributed by atoms with van der Waals surface area (Å²) in [6, 6.07) is 5.06. The van der Waals surface area contributed by atoms with Crippen molar-refractivity contribution in [2.24, 2.45) is 4.99 Å². The van der Waals surface area contributed by atoms with Crippen molar-refractivity contribution in [2.75, 3.05) is 0 Å². The van der Waals surface area contributed by atoms with Crippen LogP contribution in [0.1, 0.15) is 50.2 Å². The predicted molar refractivity (Wildman–Crippen MR) is 64.1 cm³/mol. The van der Waals surface area contributed by atoms with Crippen LogP contribution >= 0.6 is 0 Å². The summed E-state index contributed by atoms with van der Waals surface area (Å²) in [5.41, 5.74) is 1.20. The Morgan fingerprint density at radius 2 is 2.12 bits per heavy atom. The first-order valence-electron chi connectivity index (χ1n) is 5.98. The van der Waals surface area contributed by atoms with Crippen LogP contribution in [0.2, 0.25) is 0 Å². The molecular weight excluding hydrogens is 217 g/mol. The summed E-state index contributed by atoms with van der Waals surface area (Å²) in [6.45, 7) is 3.91. The third kappa shape index (κ3) is 2.03. The number of carbonyl (C=O) groups excluding carboxylic acids is 1. The summed E-state index contributed by atoms with van der Waals surface area (Å²) in [6.07, 6.45) is 4.41. The van der Waals surface area contributed by atoms with E-state index in [-0.39, 0.29) is 11.7 Å². The summed E-state index contributed by atoms with van der Waals surface area (Å²) in [7, 11) is 0. The minimum atomic E-state index is -0.431. The third-order valence-corrected chi connectivity index (χ3v) is 3.60. The van der Waals surface area contributed by atoms with Gasteiger partial charge in [0.05, 0.1) is 5.54 Å². The lowest BCUT2D eigenvalue weighted by Crippen LogP contribution is -2.32. The van der Waals surface area contributed by atoms with E-state index in [0.29, 0.717) is 5.56 Å². The Kier molecular flexibility index (Phi) is 3.12. The number of hydrogen-bond acceptors (Lipinski definition) is 2. The van der Waals surface area contributed by atoms with Crippen molar-refractivity contribution >= 4 is 6.08 Å². The standard InChI is InChI=1S/C14H16FNO/c1-10(2)12-8-11(4-5-13(12)15)14(16-9-17)6-3-7-14/h4-5,8,10H,3,6-7H2,1-2H3. The van der Waals surface area contributed by atoms with Gasteiger partial charge in [0.2, 0.25) is 6.08 Å². The molecule has 90 valence electrons. The molecule has 2 rings (SSSR count). The normalized spacial score (nSPS) is 17.4. The molecule has 1 aliphatic rings. The van der Waals surface area contributed by atoms with Crippen LogP contribution in [0.3, 0.4) is 0 Å². The Labute approximate surface area is 101 Å². The van der Waals surface area contributed by atoms with E-state index in [0.717, 1.165) is 24.8 Å². The van der Waals surface area contributed by atoms with Gasteiger partial charge < -0.3 is 0 Å². The van der Waals surface area contributed by atoms with Gasteiger partial charge in [0, 0.05) is 0 Å². The molecule has 0 unspecified atom stereocenters. The zero-order valence-corrected chi connectivity index (χ0v) is 10.2. The zero-order chi connectivity index (χ0) is 12.5. The van der Waals surface area contributed by atoms with Crippen molar-refractivity contribution in [1.29, 1.82) is 0 Å². The van der Waals surface area contributed by atoms with Crippen molar-refractivity contribution in [3.8, 4) is 0 Å². The zero-order valence-electron chi connectivity index (χ0n) is 10.2. The number of hydrogen-bond donors (Lipinski definition) is 0. The Morgan fingerprint density at radius 1 is 1.41 bits per heavy atom. The molecule has 1 aromatic rings. The fourth-order valence-electron chi connectivity index (χ4n) is 2.34. The van der Waals surface area contributed by atoms with Crippen LogP contribution in [0.4, 0.5) is 4.39 Å². The van der Waals surface area contributed by atoms with Crippen LogP contribution in [-0.2, 0) is 10.3 Å². The molecule has 1 aliphatic carbocycles. The van der Waals surface area contributed by atoms with Gasteiger partial charge >= 0.3 is 0 Å². The molecule has 0 radical (unpaired) electrons. The van der Waals surface area contributed by atoms with Gasteiger partial charge in [-0.2, -0.15) is 4.99 Å². The minimum Gasteiger partial charge on any atom is -0.211 e. The van der Waals surface area contributed by atoms with Gasteiger partial charge in [-0.25, -0.2) is 9.18 Å². The summed E-state index contributed by atoms with van der Waals surface area (Å²) in [5.74, 6) is -0.0550. The highest BCUT2D eigenvalue weighted by Gasteiger charge is 2.39. The third-order valence-electron chi connectivity index (χ3n) is 3.60. The summed E-state index contributed by atoms with van der Waals surface area (Å²) in [4.78, 5) is 14.4. The summed E-state index contributed by atoms with van der Waals surface area (Å²) >= 11 is 0. The molecule has 0 bridgehead atoms. The lowest BCUT2D eigenvalue weighted by Gasteiger charge is -2.37. The molecule has 0 heterocycles. The second-order valence-electron chi connectivity index (χ2n) is 4.98. The topological polar surface area (TPSA) is 29.4 Å². The monoisotopic (exact) mass is 233 g/mol. The first-order valence-corrected chi connectivity index (χ1v) is 5.98. The molecule has 0 aromatic heterocycles. The summed E-state index contributed by atoms with van der Waals surface area (Å²) < 4.78 is 13.6. The molecule has 0 N–H and O–H groups in total. The van der Waals surface area contributed by atoms with E-state index >= 15 is 0 Å². The van der Waals surface area contributed by atoms with Gasteiger partial charge in [-0.15, -0.1) is 0 Å². The van der Waals surface area contributed by atoms with Gasteiger partial charge in [0.1, 0.15) is 5.82 Å². The fourth-order valence-corrected chi connectivity index (χ4v) is 2.34. The van der Waals surface area contributed by atoms with Crippen molar-refractivity contribution in [2.45, 2.75) is 44.6 Å². The van der Waals surface area contributed by atoms with Crippen molar-refractivity contribution in [3.63, 3.8) is 0 Å². The van der Waals surface area contributed by atoms with Crippen LogP contribution in [0.5, 0.6) is 0 Å². The van der Waals surface area contributed by atoms with Gasteiger partial charge in [0.25, 0.3) is 0 Å². The van der Waals surface area contributed by atoms with Gasteiger partial charge in [-0.3, -0.25) is 0 Å². The van der Waals surface area contributed by atoms with E-state index in [2.05, 4.69) is 4.99 Å². The second-order valence-corrected chi connectivity index (χ2v) is 4.98. The molecule has 0 aliphatic heterocycles. The summed E-state index contributed by atoms with van der Waals surface area (Å²) in [5, 5.41) is 0. The van der Waals surface area contributed by atoms with E-state index in [1.54, 1.807) is 12.1 Å². The fraction of sp³-hybridized carbons (Fsp3) is 0.500. The van der Waals surface area contributed by atoms with E-state index in [1.807, 2.05) is 19.9 Å². The molecule has 3 heteroatoms. The number of aliphatic imine (C=N–C) groups is 1. The molecule has 0 saturated heterocycles. The average molecular weight is 233 g/mol. The first-order chi connectivity index (χ1) is 8.09. The highest BCUT2D eigenvalue weighted by Crippen LogP contribution is 2.45. The Hall–Kier alpha value is -1.47. The van der Waals surface area contributed by atoms with Crippen LogP contribution in [0.15, 0.2) is 23.2 Å². The largest absolute Gasteiger partial charge is 0.235 e. The number of benzene rings is 1. The Bertz CT molecular complexity index is 471. The maximum Gasteiger partial charge on any atom is 0.235 e. The van der Waals surface area contributed by atoms with E-state index in [9.17, 15) is 9.18 Å². The first kappa shape index (κ1) is 12.0. The Balaban J connectivity index is 2.45. The molecule has 17 heavy (non-hydrogen) atoms. The predicted octanol–water partition coefficient (Wildman–Crippen LogP) is 3.66. The maximum absolute atomic E-state index is 13.6. The second kappa shape index (κ2) is 4.42. The van der Waals surface area contributed by atoms with Gasteiger partial charge in [-0.05, 0) is 42.4 Å². The molecule has 1 fully saturated rings. The lowest BCUT2D eigenvalue weighted by atomic mass is 9.72. The van der Waals surface area contributed by atoms with Gasteiger partial charge in [0.15, 0.2) is 0 Å². The number of isocyanates is 1. The number of rotatable bonds is 3. The highest BCUT2D eigenvalue weighted by molar-refractivity contribution is 5.41. The maximum atomic E-state index is 13.6. The van der Waals surface area contributed by atoms with E-state index in [4.69, 9.17) is 0 Å². The highest BCUT2D eigenvalue weighted by atomic mass is 19.1. The van der Waals surface area contributed by atoms with Crippen LogP contribution in [-0.4, -0.2) is 6.08 Å².